The summed E-state index contributed by atoms with van der Waals surface area (Å²) in [6.07, 6.45) is 9.88. The highest BCUT2D eigenvalue weighted by atomic mass is 32.1. The molecule has 1 aliphatic carbocycles. The first kappa shape index (κ1) is 23.7. The van der Waals surface area contributed by atoms with Crippen molar-refractivity contribution in [3.8, 4) is 11.5 Å². The van der Waals surface area contributed by atoms with Crippen LogP contribution in [0.5, 0.6) is 11.5 Å². The number of carbonyl (C=O) groups excluding carboxylic acids is 1. The standard InChI is InChI=1S/C25H31N3O3S/c1-2-3-17-30-22-15-11-20(12-16-22)24(29)31-23-13-9-19(10-14-23)18-26-28-25(32)27-21-7-5-4-6-8-21/h9-16,18,21H,2-8,17H2,1H3,(H2,27,28,32). The number of thiocarbonyl (C=S) groups is 1. The van der Waals surface area contributed by atoms with Gasteiger partial charge in [-0.1, -0.05) is 32.6 Å². The molecule has 1 saturated carbocycles. The second-order valence-corrected chi connectivity index (χ2v) is 8.27. The molecule has 1 aliphatic rings. The molecule has 0 aromatic heterocycles. The summed E-state index contributed by atoms with van der Waals surface area (Å²) in [6.45, 7) is 2.79. The van der Waals surface area contributed by atoms with Crippen LogP contribution in [0, 0.1) is 0 Å². The van der Waals surface area contributed by atoms with E-state index in [9.17, 15) is 4.79 Å². The van der Waals surface area contributed by atoms with Crippen LogP contribution >= 0.6 is 12.2 Å². The molecule has 3 rings (SSSR count). The highest BCUT2D eigenvalue weighted by molar-refractivity contribution is 7.80. The number of nitrogens with zero attached hydrogens (tertiary/aromatic N) is 1. The average molecular weight is 454 g/mol. The number of ether oxygens (including phenoxy) is 2. The van der Waals surface area contributed by atoms with Crippen LogP contribution in [0.3, 0.4) is 0 Å². The van der Waals surface area contributed by atoms with Crippen molar-refractivity contribution in [3.63, 3.8) is 0 Å². The largest absolute Gasteiger partial charge is 0.494 e. The molecule has 2 N–H and O–H groups in total. The lowest BCUT2D eigenvalue weighted by atomic mass is 9.96. The first-order valence-corrected chi connectivity index (χ1v) is 11.7. The summed E-state index contributed by atoms with van der Waals surface area (Å²) < 4.78 is 11.1. The summed E-state index contributed by atoms with van der Waals surface area (Å²) in [5.41, 5.74) is 4.20. The van der Waals surface area contributed by atoms with E-state index in [4.69, 9.17) is 21.7 Å². The molecule has 170 valence electrons. The third-order valence-electron chi connectivity index (χ3n) is 5.27. The van der Waals surface area contributed by atoms with E-state index >= 15 is 0 Å². The summed E-state index contributed by atoms with van der Waals surface area (Å²) in [7, 11) is 0. The molecule has 0 atom stereocenters. The molecular weight excluding hydrogens is 422 g/mol. The van der Waals surface area contributed by atoms with Crippen molar-refractivity contribution in [3.05, 3.63) is 59.7 Å². The van der Waals surface area contributed by atoms with E-state index in [1.165, 1.54) is 19.3 Å². The normalized spacial score (nSPS) is 14.2. The summed E-state index contributed by atoms with van der Waals surface area (Å²) in [5.74, 6) is 0.811. The van der Waals surface area contributed by atoms with Gasteiger partial charge >= 0.3 is 5.97 Å². The Morgan fingerprint density at radius 3 is 2.44 bits per heavy atom. The van der Waals surface area contributed by atoms with Crippen LogP contribution in [-0.4, -0.2) is 29.9 Å². The zero-order valence-electron chi connectivity index (χ0n) is 18.5. The third-order valence-corrected chi connectivity index (χ3v) is 5.48. The number of nitrogens with one attached hydrogen (secondary N) is 2. The van der Waals surface area contributed by atoms with Gasteiger partial charge in [0.1, 0.15) is 11.5 Å². The molecule has 0 bridgehead atoms. The molecular formula is C25H31N3O3S. The number of rotatable bonds is 9. The lowest BCUT2D eigenvalue weighted by Crippen LogP contribution is -2.40. The van der Waals surface area contributed by atoms with Crippen LogP contribution in [-0.2, 0) is 0 Å². The maximum atomic E-state index is 12.4. The highest BCUT2D eigenvalue weighted by Crippen LogP contribution is 2.18. The van der Waals surface area contributed by atoms with E-state index in [-0.39, 0.29) is 0 Å². The smallest absolute Gasteiger partial charge is 0.343 e. The monoisotopic (exact) mass is 453 g/mol. The Labute approximate surface area is 195 Å². The maximum absolute atomic E-state index is 12.4. The number of hydrogen-bond acceptors (Lipinski definition) is 5. The van der Waals surface area contributed by atoms with E-state index in [1.807, 2.05) is 12.1 Å². The van der Waals surface area contributed by atoms with E-state index in [2.05, 4.69) is 22.8 Å². The van der Waals surface area contributed by atoms with Crippen LogP contribution in [0.15, 0.2) is 53.6 Å². The van der Waals surface area contributed by atoms with Gasteiger partial charge in [-0.2, -0.15) is 5.10 Å². The summed E-state index contributed by atoms with van der Waals surface area (Å²) in [5, 5.41) is 8.03. The molecule has 0 radical (unpaired) electrons. The third kappa shape index (κ3) is 7.96. The number of hydrazone groups is 1. The molecule has 0 unspecified atom stereocenters. The Morgan fingerprint density at radius 1 is 1.06 bits per heavy atom. The van der Waals surface area contributed by atoms with Gasteiger partial charge in [-0.05, 0) is 85.6 Å². The molecule has 0 amide bonds. The first-order chi connectivity index (χ1) is 15.6. The summed E-state index contributed by atoms with van der Waals surface area (Å²) in [6, 6.07) is 14.6. The van der Waals surface area contributed by atoms with E-state index in [1.54, 1.807) is 42.6 Å². The zero-order chi connectivity index (χ0) is 22.6. The fourth-order valence-electron chi connectivity index (χ4n) is 3.44. The van der Waals surface area contributed by atoms with E-state index in [0.717, 1.165) is 37.0 Å². The lowest BCUT2D eigenvalue weighted by Gasteiger charge is -2.23. The van der Waals surface area contributed by atoms with Gasteiger partial charge in [0.2, 0.25) is 0 Å². The SMILES string of the molecule is CCCCOc1ccc(C(=O)Oc2ccc(C=NNC(=S)NC3CCCCC3)cc2)cc1. The fourth-order valence-corrected chi connectivity index (χ4v) is 3.66. The summed E-state index contributed by atoms with van der Waals surface area (Å²) in [4.78, 5) is 12.4. The van der Waals surface area contributed by atoms with Gasteiger partial charge in [-0.25, -0.2) is 4.79 Å². The van der Waals surface area contributed by atoms with Gasteiger partial charge in [-0.15, -0.1) is 0 Å². The Balaban J connectivity index is 1.44. The Bertz CT molecular complexity index is 892. The zero-order valence-corrected chi connectivity index (χ0v) is 19.3. The number of hydrogen-bond donors (Lipinski definition) is 2. The van der Waals surface area contributed by atoms with Crippen molar-refractivity contribution < 1.29 is 14.3 Å². The molecule has 0 spiro atoms. The Hall–Kier alpha value is -2.93. The molecule has 6 nitrogen and oxygen atoms in total. The molecule has 0 aliphatic heterocycles. The van der Waals surface area contributed by atoms with Gasteiger partial charge in [0.25, 0.3) is 0 Å². The minimum atomic E-state index is -0.410. The number of esters is 1. The van der Waals surface area contributed by atoms with Crippen molar-refractivity contribution in [2.24, 2.45) is 5.10 Å². The summed E-state index contributed by atoms with van der Waals surface area (Å²) >= 11 is 5.30. The molecule has 7 heteroatoms. The first-order valence-electron chi connectivity index (χ1n) is 11.3. The van der Waals surface area contributed by atoms with E-state index in [0.29, 0.717) is 29.1 Å². The minimum Gasteiger partial charge on any atom is -0.494 e. The van der Waals surface area contributed by atoms with Crippen LogP contribution < -0.4 is 20.2 Å². The predicted molar refractivity (Wildman–Crippen MR) is 132 cm³/mol. The maximum Gasteiger partial charge on any atom is 0.343 e. The lowest BCUT2D eigenvalue weighted by molar-refractivity contribution is 0.0734. The van der Waals surface area contributed by atoms with E-state index < -0.39 is 5.97 Å². The Kier molecular flexibility index (Phi) is 9.50. The topological polar surface area (TPSA) is 72.0 Å². The quantitative estimate of drug-likeness (QED) is 0.136. The molecule has 0 saturated heterocycles. The molecule has 2 aromatic carbocycles. The van der Waals surface area contributed by atoms with Crippen LogP contribution in [0.1, 0.15) is 67.8 Å². The molecule has 2 aromatic rings. The van der Waals surface area contributed by atoms with Crippen LogP contribution in [0.4, 0.5) is 0 Å². The second kappa shape index (κ2) is 12.8. The van der Waals surface area contributed by atoms with Gasteiger partial charge in [-0.3, -0.25) is 5.43 Å². The number of carbonyl (C=O) groups is 1. The number of benzene rings is 2. The van der Waals surface area contributed by atoms with Crippen molar-refractivity contribution in [1.82, 2.24) is 10.7 Å². The predicted octanol–water partition coefficient (Wildman–Crippen LogP) is 5.22. The molecule has 32 heavy (non-hydrogen) atoms. The number of unbranched alkanes of at least 4 members (excludes halogenated alkanes) is 1. The highest BCUT2D eigenvalue weighted by Gasteiger charge is 2.13. The van der Waals surface area contributed by atoms with Crippen LogP contribution in [0.25, 0.3) is 0 Å². The second-order valence-electron chi connectivity index (χ2n) is 7.86. The van der Waals surface area contributed by atoms with Gasteiger partial charge in [0, 0.05) is 6.04 Å². The van der Waals surface area contributed by atoms with Gasteiger partial charge in [0.05, 0.1) is 18.4 Å². The average Bonchev–Trinajstić information content (AvgIpc) is 2.81. The van der Waals surface area contributed by atoms with Crippen LogP contribution in [0.2, 0.25) is 0 Å². The Morgan fingerprint density at radius 2 is 1.75 bits per heavy atom. The minimum absolute atomic E-state index is 0.410. The van der Waals surface area contributed by atoms with Crippen molar-refractivity contribution in [2.45, 2.75) is 57.9 Å². The van der Waals surface area contributed by atoms with Crippen molar-refractivity contribution in [1.29, 1.82) is 0 Å². The van der Waals surface area contributed by atoms with Gasteiger partial charge in [0.15, 0.2) is 5.11 Å². The van der Waals surface area contributed by atoms with Gasteiger partial charge < -0.3 is 14.8 Å². The van der Waals surface area contributed by atoms with Crippen molar-refractivity contribution in [2.75, 3.05) is 6.61 Å². The fraction of sp³-hybridized carbons (Fsp3) is 0.400. The molecule has 1 fully saturated rings. The van der Waals surface area contributed by atoms with Crippen molar-refractivity contribution >= 4 is 29.5 Å². The molecule has 0 heterocycles.